The van der Waals surface area contributed by atoms with Crippen molar-refractivity contribution in [2.75, 3.05) is 39.8 Å². The predicted molar refractivity (Wildman–Crippen MR) is 171 cm³/mol. The van der Waals surface area contributed by atoms with Crippen molar-refractivity contribution in [3.8, 4) is 17.3 Å². The van der Waals surface area contributed by atoms with Gasteiger partial charge < -0.3 is 9.64 Å². The van der Waals surface area contributed by atoms with Crippen molar-refractivity contribution in [3.63, 3.8) is 0 Å². The lowest BCUT2D eigenvalue weighted by Gasteiger charge is -2.30. The lowest BCUT2D eigenvalue weighted by molar-refractivity contribution is -0.406. The number of aromatic nitrogens is 3. The molecule has 3 fully saturated rings. The van der Waals surface area contributed by atoms with E-state index in [1.807, 2.05) is 12.1 Å². The molecule has 0 bridgehead atoms. The number of carbonyl (C=O) groups is 1. The molecule has 0 saturated carbocycles. The molecule has 244 valence electrons. The van der Waals surface area contributed by atoms with E-state index in [1.54, 1.807) is 24.3 Å². The van der Waals surface area contributed by atoms with Gasteiger partial charge in [0.15, 0.2) is 5.82 Å². The van der Waals surface area contributed by atoms with Gasteiger partial charge >= 0.3 is 11.8 Å². The van der Waals surface area contributed by atoms with Crippen LogP contribution in [0.4, 0.5) is 23.4 Å². The minimum absolute atomic E-state index is 0.00374. The first-order valence-electron chi connectivity index (χ1n) is 15.4. The van der Waals surface area contributed by atoms with Gasteiger partial charge in [-0.15, -0.1) is 0 Å². The van der Waals surface area contributed by atoms with Gasteiger partial charge in [0, 0.05) is 46.7 Å². The van der Waals surface area contributed by atoms with E-state index in [2.05, 4.69) is 26.4 Å². The van der Waals surface area contributed by atoms with Crippen LogP contribution < -0.4 is 4.74 Å². The summed E-state index contributed by atoms with van der Waals surface area (Å²) < 4.78 is 68.7. The van der Waals surface area contributed by atoms with Crippen LogP contribution >= 0.6 is 11.6 Å². The van der Waals surface area contributed by atoms with Gasteiger partial charge in [0.25, 0.3) is 5.92 Å². The smallest absolute Gasteiger partial charge is 0.434 e. The number of likely N-dealkylation sites (tertiary alicyclic amines) is 1. The van der Waals surface area contributed by atoms with Crippen molar-refractivity contribution < 1.29 is 31.7 Å². The highest BCUT2D eigenvalue weighted by atomic mass is 35.5. The molecule has 7 rings (SSSR count). The van der Waals surface area contributed by atoms with Gasteiger partial charge in [0.2, 0.25) is 5.91 Å². The number of hydrogen-bond donors (Lipinski definition) is 0. The van der Waals surface area contributed by atoms with Gasteiger partial charge in [-0.3, -0.25) is 14.7 Å². The summed E-state index contributed by atoms with van der Waals surface area (Å²) in [5.74, 6) is -5.86. The summed E-state index contributed by atoms with van der Waals surface area (Å²) in [7, 11) is 1.51. The SMILES string of the molecule is C=CC(=O)N1CC(/C=[N+](/C)c2nc(OC[C@@]34CCCN3C[C@H](F)C4)nc3c(F)c(-c4cccc5cccc(Cl)c45)ncc23)C(F)(F)C1. The fraction of sp³-hybridized carbons (Fsp3) is 0.382. The highest BCUT2D eigenvalue weighted by Gasteiger charge is 2.51. The van der Waals surface area contributed by atoms with Crippen LogP contribution in [-0.2, 0) is 4.79 Å². The molecular weight excluding hydrogens is 636 g/mol. The zero-order valence-electron chi connectivity index (χ0n) is 25.6. The maximum Gasteiger partial charge on any atom is 0.434 e. The molecule has 3 aliphatic rings. The van der Waals surface area contributed by atoms with Crippen molar-refractivity contribution in [3.05, 3.63) is 66.1 Å². The number of hydrogen-bond acceptors (Lipinski definition) is 6. The Labute approximate surface area is 273 Å². The lowest BCUT2D eigenvalue weighted by atomic mass is 9.95. The van der Waals surface area contributed by atoms with Crippen LogP contribution in [0.25, 0.3) is 32.9 Å². The standard InChI is InChI=1S/C34H32ClF4N6O2/c1-3-26(46)44-16-21(34(38,39)18-44)15-43(2)31-24-14-40-29(23-9-4-7-20-8-5-10-25(35)27(20)23)28(37)30(24)41-32(42-31)47-19-33-11-6-12-45(33)17-22(36)13-33/h3-5,7-10,14-15,21-22H,1,6,11-13,16-19H2,2H3/q+1/b43-15-/t21?,22-,33+/m1/s1. The predicted octanol–water partition coefficient (Wildman–Crippen LogP) is 6.22. The summed E-state index contributed by atoms with van der Waals surface area (Å²) in [6, 6.07) is 10.5. The van der Waals surface area contributed by atoms with Crippen molar-refractivity contribution in [2.24, 2.45) is 5.92 Å². The molecule has 0 N–H and O–H groups in total. The number of ether oxygens (including phenoxy) is 1. The van der Waals surface area contributed by atoms with E-state index < -0.39 is 41.8 Å². The van der Waals surface area contributed by atoms with Crippen LogP contribution in [0.15, 0.2) is 55.3 Å². The Morgan fingerprint density at radius 1 is 1.21 bits per heavy atom. The molecular formula is C34H32ClF4N6O2+. The van der Waals surface area contributed by atoms with Gasteiger partial charge in [-0.05, 0) is 36.9 Å². The molecule has 13 heteroatoms. The Hall–Kier alpha value is -4.16. The van der Waals surface area contributed by atoms with Gasteiger partial charge in [0.1, 0.15) is 29.4 Å². The van der Waals surface area contributed by atoms with E-state index in [4.69, 9.17) is 16.3 Å². The number of amides is 1. The molecule has 47 heavy (non-hydrogen) atoms. The number of fused-ring (bicyclic) bond motifs is 3. The Morgan fingerprint density at radius 3 is 2.79 bits per heavy atom. The minimum Gasteiger partial charge on any atom is -0.443 e. The largest absolute Gasteiger partial charge is 0.443 e. The van der Waals surface area contributed by atoms with Crippen molar-refractivity contribution in [1.82, 2.24) is 24.8 Å². The maximum absolute atomic E-state index is 16.6. The summed E-state index contributed by atoms with van der Waals surface area (Å²) in [4.78, 5) is 28.7. The monoisotopic (exact) mass is 667 g/mol. The third-order valence-corrected chi connectivity index (χ3v) is 9.88. The van der Waals surface area contributed by atoms with E-state index >= 15 is 13.2 Å². The molecule has 5 heterocycles. The van der Waals surface area contributed by atoms with Crippen molar-refractivity contribution in [2.45, 2.75) is 36.9 Å². The molecule has 0 radical (unpaired) electrons. The van der Waals surface area contributed by atoms with Crippen LogP contribution in [0.1, 0.15) is 19.3 Å². The number of nitrogens with zero attached hydrogens (tertiary/aromatic N) is 6. The van der Waals surface area contributed by atoms with Gasteiger partial charge in [-0.2, -0.15) is 4.98 Å². The van der Waals surface area contributed by atoms with Gasteiger partial charge in [0.05, 0.1) is 31.3 Å². The molecule has 1 amide bonds. The molecule has 3 saturated heterocycles. The summed E-state index contributed by atoms with van der Waals surface area (Å²) in [6.45, 7) is 3.56. The number of alkyl halides is 3. The zero-order chi connectivity index (χ0) is 33.1. The molecule has 4 aromatic rings. The second-order valence-corrected chi connectivity index (χ2v) is 13.0. The highest BCUT2D eigenvalue weighted by molar-refractivity contribution is 6.36. The quantitative estimate of drug-likeness (QED) is 0.101. The average molecular weight is 668 g/mol. The molecule has 3 aliphatic heterocycles. The summed E-state index contributed by atoms with van der Waals surface area (Å²) in [5.41, 5.74) is -0.203. The lowest BCUT2D eigenvalue weighted by Crippen LogP contribution is -2.43. The number of carbonyl (C=O) groups excluding carboxylic acids is 1. The molecule has 2 aromatic heterocycles. The number of benzene rings is 2. The second kappa shape index (κ2) is 11.8. The molecule has 2 aromatic carbocycles. The Balaban J connectivity index is 1.34. The molecule has 3 atom stereocenters. The number of halogens is 5. The summed E-state index contributed by atoms with van der Waals surface area (Å²) >= 11 is 6.55. The Kier molecular flexibility index (Phi) is 7.91. The average Bonchev–Trinajstić information content (AvgIpc) is 3.68. The first-order valence-corrected chi connectivity index (χ1v) is 15.8. The third kappa shape index (κ3) is 5.50. The van der Waals surface area contributed by atoms with E-state index in [9.17, 15) is 9.18 Å². The molecule has 0 spiro atoms. The second-order valence-electron chi connectivity index (χ2n) is 12.6. The Morgan fingerprint density at radius 2 is 2.00 bits per heavy atom. The highest BCUT2D eigenvalue weighted by Crippen LogP contribution is 2.41. The van der Waals surface area contributed by atoms with E-state index in [1.165, 1.54) is 24.0 Å². The third-order valence-electron chi connectivity index (χ3n) is 9.57. The molecule has 0 aliphatic carbocycles. The van der Waals surface area contributed by atoms with E-state index in [0.717, 1.165) is 35.7 Å². The topological polar surface area (TPSA) is 74.5 Å². The van der Waals surface area contributed by atoms with Crippen molar-refractivity contribution in [1.29, 1.82) is 0 Å². The van der Waals surface area contributed by atoms with Gasteiger partial charge in [-0.25, -0.2) is 22.1 Å². The summed E-state index contributed by atoms with van der Waals surface area (Å²) in [6.07, 6.45) is 4.63. The fourth-order valence-corrected chi connectivity index (χ4v) is 7.57. The van der Waals surface area contributed by atoms with Crippen LogP contribution in [0.5, 0.6) is 6.01 Å². The zero-order valence-corrected chi connectivity index (χ0v) is 26.4. The molecule has 8 nitrogen and oxygen atoms in total. The minimum atomic E-state index is -3.23. The fourth-order valence-electron chi connectivity index (χ4n) is 7.28. The van der Waals surface area contributed by atoms with Crippen LogP contribution in [-0.4, -0.2) is 98.9 Å². The van der Waals surface area contributed by atoms with E-state index in [-0.39, 0.29) is 41.6 Å². The molecule has 1 unspecified atom stereocenters. The Bertz CT molecular complexity index is 1950. The first kappa shape index (κ1) is 31.4. The normalized spacial score (nSPS) is 24.3. The van der Waals surface area contributed by atoms with Gasteiger partial charge in [-0.1, -0.05) is 48.5 Å². The van der Waals surface area contributed by atoms with Crippen LogP contribution in [0, 0.1) is 11.7 Å². The number of pyridine rings is 1. The van der Waals surface area contributed by atoms with Crippen LogP contribution in [0.3, 0.4) is 0 Å². The summed E-state index contributed by atoms with van der Waals surface area (Å²) in [5, 5.41) is 1.99. The number of rotatable bonds is 7. The van der Waals surface area contributed by atoms with Crippen LogP contribution in [0.2, 0.25) is 5.02 Å². The van der Waals surface area contributed by atoms with Crippen molar-refractivity contribution >= 4 is 51.2 Å². The first-order chi connectivity index (χ1) is 22.5. The maximum atomic E-state index is 16.6. The van der Waals surface area contributed by atoms with E-state index in [0.29, 0.717) is 28.9 Å².